The monoisotopic (exact) mass is 257 g/mol. The van der Waals surface area contributed by atoms with Crippen LogP contribution in [0.5, 0.6) is 0 Å². The van der Waals surface area contributed by atoms with E-state index in [2.05, 4.69) is 69.1 Å². The summed E-state index contributed by atoms with van der Waals surface area (Å²) in [7, 11) is 0. The van der Waals surface area contributed by atoms with Crippen molar-refractivity contribution in [1.82, 2.24) is 4.90 Å². The smallest absolute Gasteiger partial charge is 0.00535 e. The van der Waals surface area contributed by atoms with Gasteiger partial charge < -0.3 is 4.90 Å². The fourth-order valence-corrected chi connectivity index (χ4v) is 2.82. The Hall–Kier alpha value is -1.08. The number of nitrogens with zero attached hydrogens (tertiary/aromatic N) is 1. The molecule has 1 saturated heterocycles. The van der Waals surface area contributed by atoms with Gasteiger partial charge in [0.1, 0.15) is 0 Å². The average Bonchev–Trinajstić information content (AvgIpc) is 2.77. The normalized spacial score (nSPS) is 33.5. The Morgan fingerprint density at radius 2 is 1.79 bits per heavy atom. The summed E-state index contributed by atoms with van der Waals surface area (Å²) < 4.78 is 0. The van der Waals surface area contributed by atoms with E-state index in [0.29, 0.717) is 17.9 Å². The first-order valence-electron chi connectivity index (χ1n) is 7.58. The predicted octanol–water partition coefficient (Wildman–Crippen LogP) is 4.35. The zero-order valence-electron chi connectivity index (χ0n) is 12.8. The standard InChI is InChI=1S/C18H27N/c1-14(2)16-7-5-6-8-17(10-9-16)18-11-12-19(13-18)15(3)4/h5-10,14-15,18H,11-13H2,1-4H3/b6-5?,7-5-,8-6-,10-9?,16-7?,16-9+,17-8?,17-10+. The molecule has 104 valence electrons. The zero-order chi connectivity index (χ0) is 13.8. The van der Waals surface area contributed by atoms with Gasteiger partial charge in [-0.15, -0.1) is 0 Å². The van der Waals surface area contributed by atoms with Crippen LogP contribution in [0.3, 0.4) is 0 Å². The van der Waals surface area contributed by atoms with E-state index >= 15 is 0 Å². The highest BCUT2D eigenvalue weighted by Crippen LogP contribution is 2.27. The summed E-state index contributed by atoms with van der Waals surface area (Å²) in [5.74, 6) is 1.30. The highest BCUT2D eigenvalue weighted by Gasteiger charge is 2.25. The highest BCUT2D eigenvalue weighted by atomic mass is 15.2. The van der Waals surface area contributed by atoms with Crippen LogP contribution >= 0.6 is 0 Å². The van der Waals surface area contributed by atoms with Gasteiger partial charge in [-0.2, -0.15) is 0 Å². The van der Waals surface area contributed by atoms with Gasteiger partial charge in [-0.25, -0.2) is 0 Å². The van der Waals surface area contributed by atoms with Crippen LogP contribution in [0.15, 0.2) is 47.6 Å². The number of allylic oxidation sites excluding steroid dienone is 7. The quantitative estimate of drug-likeness (QED) is 0.726. The Kier molecular flexibility index (Phi) is 4.81. The number of hydrogen-bond donors (Lipinski definition) is 0. The molecule has 0 aromatic rings. The van der Waals surface area contributed by atoms with Gasteiger partial charge in [-0.1, -0.05) is 50.3 Å². The molecule has 1 atom stereocenters. The second-order valence-electron chi connectivity index (χ2n) is 6.28. The Bertz CT molecular complexity index is 421. The second kappa shape index (κ2) is 6.38. The molecule has 0 spiro atoms. The van der Waals surface area contributed by atoms with Gasteiger partial charge in [0.2, 0.25) is 0 Å². The minimum absolute atomic E-state index is 0.594. The topological polar surface area (TPSA) is 3.24 Å². The molecule has 0 N–H and O–H groups in total. The lowest BCUT2D eigenvalue weighted by atomic mass is 9.94. The van der Waals surface area contributed by atoms with Crippen molar-refractivity contribution < 1.29 is 0 Å². The number of likely N-dealkylation sites (tertiary alicyclic amines) is 1. The minimum atomic E-state index is 0.594. The molecule has 2 rings (SSSR count). The van der Waals surface area contributed by atoms with Crippen LogP contribution < -0.4 is 0 Å². The van der Waals surface area contributed by atoms with Gasteiger partial charge >= 0.3 is 0 Å². The molecule has 1 unspecified atom stereocenters. The van der Waals surface area contributed by atoms with Crippen molar-refractivity contribution in [3.63, 3.8) is 0 Å². The molecule has 0 saturated carbocycles. The molecule has 0 aromatic heterocycles. The van der Waals surface area contributed by atoms with Crippen LogP contribution in [0.2, 0.25) is 0 Å². The number of hydrogen-bond acceptors (Lipinski definition) is 1. The summed E-state index contributed by atoms with van der Waals surface area (Å²) in [6.07, 6.45) is 14.8. The van der Waals surface area contributed by atoms with Gasteiger partial charge in [0, 0.05) is 12.6 Å². The van der Waals surface area contributed by atoms with Crippen molar-refractivity contribution >= 4 is 0 Å². The molecule has 1 fully saturated rings. The third-order valence-corrected chi connectivity index (χ3v) is 4.24. The molecule has 0 radical (unpaired) electrons. The second-order valence-corrected chi connectivity index (χ2v) is 6.28. The molecule has 0 bridgehead atoms. The van der Waals surface area contributed by atoms with Crippen molar-refractivity contribution in [3.8, 4) is 0 Å². The molecule has 0 amide bonds. The number of rotatable bonds is 3. The van der Waals surface area contributed by atoms with Gasteiger partial charge in [0.15, 0.2) is 0 Å². The van der Waals surface area contributed by atoms with Crippen molar-refractivity contribution in [2.45, 2.75) is 40.2 Å². The maximum atomic E-state index is 2.58. The van der Waals surface area contributed by atoms with E-state index in [4.69, 9.17) is 0 Å². The molecule has 1 heteroatoms. The summed E-state index contributed by atoms with van der Waals surface area (Å²) in [6, 6.07) is 0.671. The van der Waals surface area contributed by atoms with Crippen LogP contribution in [-0.4, -0.2) is 24.0 Å². The summed E-state index contributed by atoms with van der Waals surface area (Å²) in [5.41, 5.74) is 2.91. The lowest BCUT2D eigenvalue weighted by Gasteiger charge is -2.20. The summed E-state index contributed by atoms with van der Waals surface area (Å²) in [4.78, 5) is 2.58. The van der Waals surface area contributed by atoms with Gasteiger partial charge in [-0.05, 0) is 49.8 Å². The summed E-state index contributed by atoms with van der Waals surface area (Å²) in [5, 5.41) is 0. The Labute approximate surface area is 118 Å². The first-order chi connectivity index (χ1) is 9.08. The van der Waals surface area contributed by atoms with E-state index in [-0.39, 0.29) is 0 Å². The van der Waals surface area contributed by atoms with Crippen molar-refractivity contribution in [2.75, 3.05) is 13.1 Å². The maximum Gasteiger partial charge on any atom is 0.00535 e. The van der Waals surface area contributed by atoms with Gasteiger partial charge in [0.05, 0.1) is 0 Å². The van der Waals surface area contributed by atoms with Crippen LogP contribution in [0.25, 0.3) is 0 Å². The molecule has 0 aromatic carbocycles. The summed E-state index contributed by atoms with van der Waals surface area (Å²) >= 11 is 0. The Morgan fingerprint density at radius 1 is 1.05 bits per heavy atom. The van der Waals surface area contributed by atoms with Gasteiger partial charge in [0.25, 0.3) is 0 Å². The summed E-state index contributed by atoms with van der Waals surface area (Å²) in [6.45, 7) is 11.6. The van der Waals surface area contributed by atoms with Crippen LogP contribution in [-0.2, 0) is 0 Å². The molecule has 19 heavy (non-hydrogen) atoms. The van der Waals surface area contributed by atoms with E-state index in [1.807, 2.05) is 0 Å². The van der Waals surface area contributed by atoms with Crippen molar-refractivity contribution in [1.29, 1.82) is 0 Å². The third kappa shape index (κ3) is 3.70. The van der Waals surface area contributed by atoms with Crippen molar-refractivity contribution in [3.05, 3.63) is 47.6 Å². The van der Waals surface area contributed by atoms with Crippen LogP contribution in [0, 0.1) is 11.8 Å². The van der Waals surface area contributed by atoms with E-state index in [1.165, 1.54) is 30.7 Å². The molecular formula is C18H27N. The molecule has 2 aliphatic rings. The van der Waals surface area contributed by atoms with E-state index in [1.54, 1.807) is 0 Å². The largest absolute Gasteiger partial charge is 0.300 e. The first-order valence-corrected chi connectivity index (χ1v) is 7.58. The van der Waals surface area contributed by atoms with Crippen LogP contribution in [0.1, 0.15) is 34.1 Å². The maximum absolute atomic E-state index is 2.58. The van der Waals surface area contributed by atoms with E-state index in [9.17, 15) is 0 Å². The zero-order valence-corrected chi connectivity index (χ0v) is 12.8. The average molecular weight is 257 g/mol. The lowest BCUT2D eigenvalue weighted by Crippen LogP contribution is -2.28. The Balaban J connectivity index is 2.12. The SMILES string of the molecule is CC(C)C1=C/C=C(C2CCN(C(C)C)C2)\C=C/C=C\1. The van der Waals surface area contributed by atoms with Crippen LogP contribution in [0.4, 0.5) is 0 Å². The van der Waals surface area contributed by atoms with E-state index in [0.717, 1.165) is 0 Å². The predicted molar refractivity (Wildman–Crippen MR) is 84.1 cm³/mol. The van der Waals surface area contributed by atoms with Crippen molar-refractivity contribution in [2.24, 2.45) is 11.8 Å². The molecule has 1 heterocycles. The fraction of sp³-hybridized carbons (Fsp3) is 0.556. The van der Waals surface area contributed by atoms with Gasteiger partial charge in [-0.3, -0.25) is 0 Å². The molecular weight excluding hydrogens is 230 g/mol. The highest BCUT2D eigenvalue weighted by molar-refractivity contribution is 5.37. The minimum Gasteiger partial charge on any atom is -0.300 e. The molecule has 1 aliphatic carbocycles. The molecule has 1 aliphatic heterocycles. The van der Waals surface area contributed by atoms with E-state index < -0.39 is 0 Å². The molecule has 1 nitrogen and oxygen atoms in total. The lowest BCUT2D eigenvalue weighted by molar-refractivity contribution is 0.269. The Morgan fingerprint density at radius 3 is 2.42 bits per heavy atom. The first kappa shape index (κ1) is 14.3. The third-order valence-electron chi connectivity index (χ3n) is 4.24. The fourth-order valence-electron chi connectivity index (χ4n) is 2.82.